The molecule has 0 aliphatic rings. The molecule has 0 saturated carbocycles. The number of rotatable bonds is 4. The Balaban J connectivity index is -0.0000000533. The maximum atomic E-state index is 9.63. The van der Waals surface area contributed by atoms with Crippen molar-refractivity contribution in [2.45, 2.75) is 55.4 Å². The average molecular weight is 524 g/mol. The minimum Gasteiger partial charge on any atom is -0.854 e. The first kappa shape index (κ1) is 33.7. The Hall–Kier alpha value is 1.16. The third kappa shape index (κ3) is 92.6. The van der Waals surface area contributed by atoms with Crippen molar-refractivity contribution in [3.8, 4) is 0 Å². The molecule has 0 amide bonds. The van der Waals surface area contributed by atoms with Gasteiger partial charge < -0.3 is 20.4 Å². The summed E-state index contributed by atoms with van der Waals surface area (Å²) in [5.41, 5.74) is 0. The second-order valence-corrected chi connectivity index (χ2v) is 6.24. The summed E-state index contributed by atoms with van der Waals surface area (Å²) in [7, 11) is 0. The number of hydrogen-bond acceptors (Lipinski definition) is 4. The van der Waals surface area contributed by atoms with Crippen molar-refractivity contribution >= 4 is 0 Å². The van der Waals surface area contributed by atoms with Gasteiger partial charge in [0.1, 0.15) is 0 Å². The zero-order valence-electron chi connectivity index (χ0n) is 15.3. The van der Waals surface area contributed by atoms with Crippen LogP contribution in [0.4, 0.5) is 0 Å². The van der Waals surface area contributed by atoms with Crippen LogP contribution in [0.1, 0.15) is 55.4 Å². The second kappa shape index (κ2) is 29.2. The van der Waals surface area contributed by atoms with Crippen molar-refractivity contribution in [2.24, 2.45) is 23.7 Å². The maximum Gasteiger partial charge on any atom is 4.00 e. The van der Waals surface area contributed by atoms with Crippen molar-refractivity contribution in [1.29, 1.82) is 0 Å². The molecule has 0 fully saturated rings. The summed E-state index contributed by atoms with van der Waals surface area (Å²) >= 11 is 0. The van der Waals surface area contributed by atoms with Gasteiger partial charge in [-0.2, -0.15) is 0 Å². The van der Waals surface area contributed by atoms with Crippen LogP contribution in [0, 0.1) is 63.6 Å². The summed E-state index contributed by atoms with van der Waals surface area (Å²) in [6, 6.07) is 0. The first-order valence-electron chi connectivity index (χ1n) is 7.41. The van der Waals surface area contributed by atoms with Crippen molar-refractivity contribution in [1.82, 2.24) is 0 Å². The third-order valence-corrected chi connectivity index (χ3v) is 1.33. The molecule has 21 heavy (non-hydrogen) atoms. The molecule has 0 aromatic heterocycles. The Bertz CT molecular complexity index is 108. The molecule has 0 aliphatic heterocycles. The predicted octanol–water partition coefficient (Wildman–Crippen LogP) is 0.0108. The molecule has 5 heteroatoms. The molecule has 128 valence electrons. The Morgan fingerprint density at radius 2 is 0.476 bits per heavy atom. The van der Waals surface area contributed by atoms with E-state index < -0.39 is 0 Å². The van der Waals surface area contributed by atoms with Gasteiger partial charge in [0.15, 0.2) is 0 Å². The van der Waals surface area contributed by atoms with Crippen LogP contribution in [-0.2, 0) is 0 Å². The fourth-order valence-electron chi connectivity index (χ4n) is 0. The molecule has 0 rings (SSSR count). The van der Waals surface area contributed by atoms with Crippen molar-refractivity contribution in [3.63, 3.8) is 0 Å². The monoisotopic (exact) mass is 524 g/mol. The van der Waals surface area contributed by atoms with E-state index in [0.29, 0.717) is 23.7 Å². The van der Waals surface area contributed by atoms with Gasteiger partial charge in [0, 0.05) is 0 Å². The molecule has 0 aromatic carbocycles. The molecular weight excluding hydrogens is 488 g/mol. The van der Waals surface area contributed by atoms with Crippen LogP contribution in [0.5, 0.6) is 0 Å². The van der Waals surface area contributed by atoms with Crippen LogP contribution in [-0.4, -0.2) is 26.4 Å². The fourth-order valence-corrected chi connectivity index (χ4v) is 0. The molecule has 0 atom stereocenters. The molecular formula is C16H36O4Th. The van der Waals surface area contributed by atoms with Gasteiger partial charge in [-0.05, 0) is 0 Å². The van der Waals surface area contributed by atoms with Gasteiger partial charge in [-0.1, -0.05) is 79.1 Å². The Morgan fingerprint density at radius 1 is 0.429 bits per heavy atom. The van der Waals surface area contributed by atoms with E-state index in [1.807, 2.05) is 55.4 Å². The SMILES string of the molecule is CC(C)C[O-].CC(C)C[O-].CC(C)C[O-].CC(C)C[O-].[Th+4]. The van der Waals surface area contributed by atoms with Crippen LogP contribution >= 0.6 is 0 Å². The molecule has 4 nitrogen and oxygen atoms in total. The van der Waals surface area contributed by atoms with Crippen molar-refractivity contribution in [2.75, 3.05) is 26.4 Å². The number of hydrogen-bond donors (Lipinski definition) is 0. The first-order valence-corrected chi connectivity index (χ1v) is 7.41. The van der Waals surface area contributed by atoms with E-state index in [2.05, 4.69) is 0 Å². The van der Waals surface area contributed by atoms with Crippen molar-refractivity contribution < 1.29 is 60.4 Å². The summed E-state index contributed by atoms with van der Waals surface area (Å²) in [5.74, 6) is 1.31. The Labute approximate surface area is 165 Å². The largest absolute Gasteiger partial charge is 4.00 e. The molecule has 0 N–H and O–H groups in total. The molecule has 0 saturated heterocycles. The van der Waals surface area contributed by atoms with E-state index in [0.717, 1.165) is 0 Å². The molecule has 0 spiro atoms. The topological polar surface area (TPSA) is 92.2 Å². The summed E-state index contributed by atoms with van der Waals surface area (Å²) < 4.78 is 0. The van der Waals surface area contributed by atoms with Gasteiger partial charge in [-0.25, -0.2) is 0 Å². The van der Waals surface area contributed by atoms with Crippen LogP contribution in [0.3, 0.4) is 0 Å². The maximum absolute atomic E-state index is 9.63. The summed E-state index contributed by atoms with van der Waals surface area (Å²) in [6.45, 7) is 15.5. The van der Waals surface area contributed by atoms with E-state index in [-0.39, 0.29) is 66.4 Å². The summed E-state index contributed by atoms with van der Waals surface area (Å²) in [4.78, 5) is 0. The molecule has 0 bridgehead atoms. The molecule has 0 aliphatic carbocycles. The van der Waals surface area contributed by atoms with Gasteiger partial charge in [0.05, 0.1) is 0 Å². The van der Waals surface area contributed by atoms with Crippen LogP contribution in [0.25, 0.3) is 0 Å². The van der Waals surface area contributed by atoms with Crippen LogP contribution < -0.4 is 20.4 Å². The van der Waals surface area contributed by atoms with E-state index >= 15 is 0 Å². The van der Waals surface area contributed by atoms with E-state index in [1.54, 1.807) is 0 Å². The van der Waals surface area contributed by atoms with E-state index in [1.165, 1.54) is 0 Å². The Morgan fingerprint density at radius 3 is 0.476 bits per heavy atom. The zero-order chi connectivity index (χ0) is 17.1. The quantitative estimate of drug-likeness (QED) is 0.518. The van der Waals surface area contributed by atoms with E-state index in [4.69, 9.17) is 0 Å². The van der Waals surface area contributed by atoms with Gasteiger partial charge >= 0.3 is 39.9 Å². The summed E-state index contributed by atoms with van der Waals surface area (Å²) in [5, 5.41) is 38.5. The van der Waals surface area contributed by atoms with Gasteiger partial charge in [-0.3, -0.25) is 0 Å². The van der Waals surface area contributed by atoms with Gasteiger partial charge in [0.25, 0.3) is 0 Å². The predicted molar refractivity (Wildman–Crippen MR) is 78.8 cm³/mol. The van der Waals surface area contributed by atoms with Crippen LogP contribution in [0.15, 0.2) is 0 Å². The van der Waals surface area contributed by atoms with Crippen LogP contribution in [0.2, 0.25) is 0 Å². The first-order chi connectivity index (χ1) is 9.08. The molecule has 0 unspecified atom stereocenters. The Kier molecular flexibility index (Phi) is 46.9. The molecule has 0 heterocycles. The molecule has 0 radical (unpaired) electrons. The zero-order valence-corrected chi connectivity index (χ0v) is 19.4. The molecule has 0 aromatic rings. The van der Waals surface area contributed by atoms with E-state index in [9.17, 15) is 20.4 Å². The minimum atomic E-state index is 0. The smallest absolute Gasteiger partial charge is 0.854 e. The minimum absolute atomic E-state index is 0. The van der Waals surface area contributed by atoms with Gasteiger partial charge in [-0.15, -0.1) is 26.4 Å². The standard InChI is InChI=1S/4C4H9O.Th/c4*1-4(2)3-5;/h4*4H,3H2,1-2H3;/q4*-1;+4. The van der Waals surface area contributed by atoms with Gasteiger partial charge in [0.2, 0.25) is 0 Å². The summed E-state index contributed by atoms with van der Waals surface area (Å²) in [6.07, 6.45) is 0. The average Bonchev–Trinajstić information content (AvgIpc) is 2.40. The normalized spacial score (nSPS) is 9.14. The third-order valence-electron chi connectivity index (χ3n) is 1.33. The fraction of sp³-hybridized carbons (Fsp3) is 1.00. The second-order valence-electron chi connectivity index (χ2n) is 6.24. The van der Waals surface area contributed by atoms with Crippen molar-refractivity contribution in [3.05, 3.63) is 0 Å².